The van der Waals surface area contributed by atoms with Crippen LogP contribution in [0.15, 0.2) is 24.7 Å². The van der Waals surface area contributed by atoms with Gasteiger partial charge in [-0.15, -0.1) is 6.42 Å². The molecule has 2 heterocycles. The molecule has 2 aromatic rings. The van der Waals surface area contributed by atoms with Crippen molar-refractivity contribution in [2.75, 3.05) is 30.9 Å². The molecule has 148 valence electrons. The predicted octanol–water partition coefficient (Wildman–Crippen LogP) is 4.17. The van der Waals surface area contributed by atoms with Crippen molar-refractivity contribution in [2.24, 2.45) is 5.92 Å². The van der Waals surface area contributed by atoms with Crippen LogP contribution in [0.3, 0.4) is 0 Å². The Kier molecular flexibility index (Phi) is 7.62. The van der Waals surface area contributed by atoms with E-state index >= 15 is 0 Å². The van der Waals surface area contributed by atoms with Crippen molar-refractivity contribution in [1.29, 1.82) is 0 Å². The van der Waals surface area contributed by atoms with E-state index < -0.39 is 0 Å². The number of ether oxygens (including phenoxy) is 1. The highest BCUT2D eigenvalue weighted by Crippen LogP contribution is 2.26. The third kappa shape index (κ3) is 5.93. The average molecular weight is 380 g/mol. The first-order valence-electron chi connectivity index (χ1n) is 10.1. The summed E-state index contributed by atoms with van der Waals surface area (Å²) < 4.78 is 5.20. The first-order chi connectivity index (χ1) is 13.8. The Morgan fingerprint density at radius 1 is 1.11 bits per heavy atom. The number of nitrogens with one attached hydrogen (secondary N) is 2. The summed E-state index contributed by atoms with van der Waals surface area (Å²) in [5.74, 6) is 4.59. The highest BCUT2D eigenvalue weighted by atomic mass is 16.5. The maximum atomic E-state index is 5.33. The predicted molar refractivity (Wildman–Crippen MR) is 113 cm³/mol. The second kappa shape index (κ2) is 10.6. The molecule has 2 aromatic heterocycles. The number of hydrogen-bond donors (Lipinski definition) is 2. The molecule has 28 heavy (non-hydrogen) atoms. The molecule has 0 spiro atoms. The van der Waals surface area contributed by atoms with E-state index in [2.05, 4.69) is 37.6 Å². The van der Waals surface area contributed by atoms with E-state index in [0.29, 0.717) is 11.5 Å². The van der Waals surface area contributed by atoms with E-state index in [9.17, 15) is 0 Å². The Morgan fingerprint density at radius 3 is 2.64 bits per heavy atom. The molecule has 1 aliphatic carbocycles. The van der Waals surface area contributed by atoms with Gasteiger partial charge in [-0.2, -0.15) is 0 Å². The van der Waals surface area contributed by atoms with Crippen LogP contribution in [0.25, 0.3) is 0 Å². The average Bonchev–Trinajstić information content (AvgIpc) is 2.75. The van der Waals surface area contributed by atoms with Gasteiger partial charge < -0.3 is 15.4 Å². The molecule has 0 unspecified atom stereocenters. The van der Waals surface area contributed by atoms with E-state index in [4.69, 9.17) is 11.2 Å². The van der Waals surface area contributed by atoms with Crippen molar-refractivity contribution in [2.45, 2.75) is 44.9 Å². The summed E-state index contributed by atoms with van der Waals surface area (Å²) in [6.45, 7) is 1.76. The lowest BCUT2D eigenvalue weighted by molar-refractivity contribution is 0.195. The SMILES string of the molecule is C#Cc1cnc(Nc2cc(NCC3CCCCC3)c(CCCOC)cn2)cn1. The van der Waals surface area contributed by atoms with Gasteiger partial charge in [0.15, 0.2) is 0 Å². The monoisotopic (exact) mass is 379 g/mol. The van der Waals surface area contributed by atoms with Gasteiger partial charge in [0.05, 0.1) is 12.4 Å². The molecule has 3 rings (SSSR count). The lowest BCUT2D eigenvalue weighted by atomic mass is 9.89. The summed E-state index contributed by atoms with van der Waals surface area (Å²) in [5, 5.41) is 6.88. The van der Waals surface area contributed by atoms with E-state index in [1.807, 2.05) is 6.20 Å². The topological polar surface area (TPSA) is 72.0 Å². The van der Waals surface area contributed by atoms with Crippen LogP contribution < -0.4 is 10.6 Å². The van der Waals surface area contributed by atoms with Gasteiger partial charge in [0.2, 0.25) is 0 Å². The Balaban J connectivity index is 1.70. The second-order valence-corrected chi connectivity index (χ2v) is 7.26. The van der Waals surface area contributed by atoms with Crippen molar-refractivity contribution in [3.63, 3.8) is 0 Å². The van der Waals surface area contributed by atoms with Gasteiger partial charge >= 0.3 is 0 Å². The largest absolute Gasteiger partial charge is 0.385 e. The van der Waals surface area contributed by atoms with Gasteiger partial charge in [-0.05, 0) is 43.1 Å². The smallest absolute Gasteiger partial charge is 0.150 e. The third-order valence-corrected chi connectivity index (χ3v) is 5.14. The third-order valence-electron chi connectivity index (χ3n) is 5.14. The Labute approximate surface area is 167 Å². The van der Waals surface area contributed by atoms with Gasteiger partial charge in [0.1, 0.15) is 17.3 Å². The Hall–Kier alpha value is -2.65. The highest BCUT2D eigenvalue weighted by Gasteiger charge is 2.14. The van der Waals surface area contributed by atoms with Crippen LogP contribution >= 0.6 is 0 Å². The maximum absolute atomic E-state index is 5.33. The lowest BCUT2D eigenvalue weighted by Crippen LogP contribution is -2.18. The fraction of sp³-hybridized carbons (Fsp3) is 0.500. The molecule has 0 bridgehead atoms. The molecule has 0 amide bonds. The summed E-state index contributed by atoms with van der Waals surface area (Å²) in [5.41, 5.74) is 2.86. The zero-order valence-electron chi connectivity index (χ0n) is 16.6. The molecular formula is C22H29N5O. The lowest BCUT2D eigenvalue weighted by Gasteiger charge is -2.23. The zero-order valence-corrected chi connectivity index (χ0v) is 16.6. The standard InChI is InChI=1S/C22H29N5O/c1-3-19-15-26-22(16-23-19)27-21-12-20(18(14-25-21)10-7-11-28-2)24-13-17-8-5-4-6-9-17/h1,12,14-17H,4-11,13H2,2H3,(H2,24,25,26,27). The number of aromatic nitrogens is 3. The summed E-state index contributed by atoms with van der Waals surface area (Å²) in [4.78, 5) is 13.0. The maximum Gasteiger partial charge on any atom is 0.150 e. The molecule has 1 fully saturated rings. The summed E-state index contributed by atoms with van der Waals surface area (Å²) in [7, 11) is 1.74. The van der Waals surface area contributed by atoms with E-state index in [1.54, 1.807) is 19.5 Å². The fourth-order valence-corrected chi connectivity index (χ4v) is 3.57. The normalized spacial score (nSPS) is 14.4. The minimum Gasteiger partial charge on any atom is -0.385 e. The number of hydrogen-bond acceptors (Lipinski definition) is 6. The van der Waals surface area contributed by atoms with Gasteiger partial charge in [-0.3, -0.25) is 0 Å². The molecule has 1 aliphatic rings. The number of methoxy groups -OCH3 is 1. The number of pyridine rings is 1. The van der Waals surface area contributed by atoms with Crippen molar-refractivity contribution in [3.05, 3.63) is 35.9 Å². The minimum atomic E-state index is 0.516. The zero-order chi connectivity index (χ0) is 19.6. The number of anilines is 3. The minimum absolute atomic E-state index is 0.516. The second-order valence-electron chi connectivity index (χ2n) is 7.26. The molecule has 0 atom stereocenters. The van der Waals surface area contributed by atoms with Crippen molar-refractivity contribution in [3.8, 4) is 12.3 Å². The van der Waals surface area contributed by atoms with Crippen LogP contribution in [0.1, 0.15) is 49.8 Å². The molecule has 0 saturated heterocycles. The van der Waals surface area contributed by atoms with Crippen molar-refractivity contribution >= 4 is 17.3 Å². The van der Waals surface area contributed by atoms with Gasteiger partial charge in [0.25, 0.3) is 0 Å². The first-order valence-corrected chi connectivity index (χ1v) is 10.1. The molecule has 6 nitrogen and oxygen atoms in total. The van der Waals surface area contributed by atoms with E-state index in [1.165, 1.54) is 37.7 Å². The summed E-state index contributed by atoms with van der Waals surface area (Å²) in [6, 6.07) is 2.06. The molecule has 1 saturated carbocycles. The summed E-state index contributed by atoms with van der Waals surface area (Å²) in [6.07, 6.45) is 19.1. The number of nitrogens with zero attached hydrogens (tertiary/aromatic N) is 3. The number of aryl methyl sites for hydroxylation is 1. The van der Waals surface area contributed by atoms with Crippen molar-refractivity contribution in [1.82, 2.24) is 15.0 Å². The molecule has 0 aliphatic heterocycles. The van der Waals surface area contributed by atoms with Crippen LogP contribution in [-0.4, -0.2) is 35.2 Å². The molecule has 0 radical (unpaired) electrons. The molecular weight excluding hydrogens is 350 g/mol. The van der Waals surface area contributed by atoms with E-state index in [0.717, 1.165) is 43.4 Å². The quantitative estimate of drug-likeness (QED) is 0.503. The number of rotatable bonds is 9. The van der Waals surface area contributed by atoms with Crippen LogP contribution in [-0.2, 0) is 11.2 Å². The Bertz CT molecular complexity index is 779. The molecule has 6 heteroatoms. The van der Waals surface area contributed by atoms with Gasteiger partial charge in [-0.1, -0.05) is 19.3 Å². The van der Waals surface area contributed by atoms with Gasteiger partial charge in [-0.25, -0.2) is 15.0 Å². The highest BCUT2D eigenvalue weighted by molar-refractivity contribution is 5.61. The summed E-state index contributed by atoms with van der Waals surface area (Å²) >= 11 is 0. The van der Waals surface area contributed by atoms with Crippen LogP contribution in [0.4, 0.5) is 17.3 Å². The number of terminal acetylenes is 1. The molecule has 0 aromatic carbocycles. The Morgan fingerprint density at radius 2 is 1.93 bits per heavy atom. The van der Waals surface area contributed by atoms with Gasteiger partial charge in [0, 0.05) is 38.2 Å². The fourth-order valence-electron chi connectivity index (χ4n) is 3.57. The first kappa shape index (κ1) is 20.1. The van der Waals surface area contributed by atoms with Crippen LogP contribution in [0.5, 0.6) is 0 Å². The van der Waals surface area contributed by atoms with Crippen LogP contribution in [0.2, 0.25) is 0 Å². The van der Waals surface area contributed by atoms with Crippen molar-refractivity contribution < 1.29 is 4.74 Å². The molecule has 2 N–H and O–H groups in total. The van der Waals surface area contributed by atoms with E-state index in [-0.39, 0.29) is 0 Å². The van der Waals surface area contributed by atoms with Crippen LogP contribution in [0, 0.1) is 18.3 Å².